The summed E-state index contributed by atoms with van der Waals surface area (Å²) in [6.45, 7) is 2.17. The van der Waals surface area contributed by atoms with Crippen molar-refractivity contribution in [2.75, 3.05) is 5.32 Å². The maximum absolute atomic E-state index is 13.3. The summed E-state index contributed by atoms with van der Waals surface area (Å²) in [6, 6.07) is 0.0573. The molecule has 0 spiro atoms. The third-order valence-electron chi connectivity index (χ3n) is 4.09. The number of benzene rings is 1. The van der Waals surface area contributed by atoms with Crippen molar-refractivity contribution in [1.82, 2.24) is 9.78 Å². The second kappa shape index (κ2) is 8.61. The summed E-state index contributed by atoms with van der Waals surface area (Å²) in [6.07, 6.45) is -6.62. The molecule has 1 aromatic carbocycles. The molecule has 0 aliphatic rings. The number of amides is 1. The van der Waals surface area contributed by atoms with E-state index in [0.717, 1.165) is 26.0 Å². The highest BCUT2D eigenvalue weighted by atomic mass is 35.5. The van der Waals surface area contributed by atoms with Crippen molar-refractivity contribution in [1.29, 1.82) is 0 Å². The van der Waals surface area contributed by atoms with Crippen LogP contribution in [-0.2, 0) is 4.79 Å². The van der Waals surface area contributed by atoms with Crippen molar-refractivity contribution in [3.8, 4) is 0 Å². The van der Waals surface area contributed by atoms with E-state index in [2.05, 4.69) is 10.4 Å². The number of carbonyl (C=O) groups is 1. The molecule has 162 valence electrons. The fourth-order valence-electron chi connectivity index (χ4n) is 2.57. The molecule has 1 atom stereocenters. The molecule has 1 heterocycles. The molecule has 15 heteroatoms. The number of hydrogen-bond acceptors (Lipinski definition) is 6. The number of nitrogens with zero attached hydrogens (tertiary/aromatic N) is 4. The topological polar surface area (TPSA) is 133 Å². The molecule has 0 bridgehead atoms. The molecule has 1 N–H and O–H groups in total. The van der Waals surface area contributed by atoms with E-state index in [9.17, 15) is 42.6 Å². The second-order valence-corrected chi connectivity index (χ2v) is 6.33. The number of nitro groups is 2. The molecule has 2 aromatic rings. The normalized spacial score (nSPS) is 12.3. The molecule has 10 nitrogen and oxygen atoms in total. The zero-order valence-corrected chi connectivity index (χ0v) is 15.9. The molecule has 0 saturated heterocycles. The Labute approximate surface area is 169 Å². The molecule has 30 heavy (non-hydrogen) atoms. The van der Waals surface area contributed by atoms with E-state index >= 15 is 0 Å². The van der Waals surface area contributed by atoms with E-state index in [1.807, 2.05) is 0 Å². The second-order valence-electron chi connectivity index (χ2n) is 5.95. The van der Waals surface area contributed by atoms with Gasteiger partial charge in [0.2, 0.25) is 5.91 Å². The summed E-state index contributed by atoms with van der Waals surface area (Å²) < 4.78 is 52.7. The Hall–Kier alpha value is -3.29. The SMILES string of the molecule is Cc1c([N+](=O)[O-])cc(NC(=O)C(C)n2nc(C(F)F)c(Cl)c2C(F)F)cc1[N+](=O)[O-]. The fraction of sp³-hybridized carbons (Fsp3) is 0.333. The molecule has 0 aliphatic heterocycles. The monoisotopic (exact) mass is 453 g/mol. The maximum Gasteiger partial charge on any atom is 0.283 e. The van der Waals surface area contributed by atoms with Gasteiger partial charge in [-0.3, -0.25) is 25.0 Å². The number of rotatable bonds is 7. The van der Waals surface area contributed by atoms with Gasteiger partial charge in [0.05, 0.1) is 20.6 Å². The zero-order chi connectivity index (χ0) is 22.9. The van der Waals surface area contributed by atoms with E-state index in [1.165, 1.54) is 0 Å². The molecule has 1 aromatic heterocycles. The Balaban J connectivity index is 2.45. The molecular weight excluding hydrogens is 442 g/mol. The smallest absolute Gasteiger partial charge is 0.283 e. The predicted molar refractivity (Wildman–Crippen MR) is 95.0 cm³/mol. The number of alkyl halides is 4. The summed E-state index contributed by atoms with van der Waals surface area (Å²) in [7, 11) is 0. The Kier molecular flexibility index (Phi) is 6.60. The lowest BCUT2D eigenvalue weighted by Gasteiger charge is -2.16. The first-order valence-corrected chi connectivity index (χ1v) is 8.32. The summed E-state index contributed by atoms with van der Waals surface area (Å²) in [5, 5.41) is 26.6. The van der Waals surface area contributed by atoms with Crippen LogP contribution in [0, 0.1) is 27.2 Å². The summed E-state index contributed by atoms with van der Waals surface area (Å²) in [4.78, 5) is 32.8. The van der Waals surface area contributed by atoms with E-state index < -0.39 is 62.4 Å². The number of anilines is 1. The fourth-order valence-corrected chi connectivity index (χ4v) is 2.86. The standard InChI is InChI=1S/C15H12ClF4N5O5/c1-5-8(24(27)28)3-7(4-9(5)25(29)30)21-15(26)6(2)23-12(14(19)20)10(16)11(22-23)13(17)18/h3-4,6,13-14H,1-2H3,(H,21,26). The number of nitrogens with one attached hydrogen (secondary N) is 1. The van der Waals surface area contributed by atoms with Crippen molar-refractivity contribution in [2.45, 2.75) is 32.7 Å². The Morgan fingerprint density at radius 1 is 1.13 bits per heavy atom. The number of nitro benzene ring substituents is 2. The number of hydrogen-bond donors (Lipinski definition) is 1. The van der Waals surface area contributed by atoms with Crippen molar-refractivity contribution in [2.24, 2.45) is 0 Å². The van der Waals surface area contributed by atoms with Gasteiger partial charge in [-0.15, -0.1) is 0 Å². The van der Waals surface area contributed by atoms with Crippen LogP contribution in [0.2, 0.25) is 5.02 Å². The molecular formula is C15H12ClF4N5O5. The van der Waals surface area contributed by atoms with Gasteiger partial charge in [0.15, 0.2) is 0 Å². The summed E-state index contributed by atoms with van der Waals surface area (Å²) in [5.41, 5.74) is -4.23. The highest BCUT2D eigenvalue weighted by Gasteiger charge is 2.32. The van der Waals surface area contributed by atoms with Crippen molar-refractivity contribution in [3.05, 3.63) is 54.3 Å². The minimum Gasteiger partial charge on any atom is -0.324 e. The molecule has 1 amide bonds. The molecule has 0 saturated carbocycles. The lowest BCUT2D eigenvalue weighted by atomic mass is 10.1. The largest absolute Gasteiger partial charge is 0.324 e. The summed E-state index contributed by atoms with van der Waals surface area (Å²) >= 11 is 5.53. The van der Waals surface area contributed by atoms with Crippen LogP contribution in [0.25, 0.3) is 0 Å². The average Bonchev–Trinajstić information content (AvgIpc) is 2.99. The quantitative estimate of drug-likeness (QED) is 0.366. The van der Waals surface area contributed by atoms with Gasteiger partial charge in [-0.25, -0.2) is 22.2 Å². The van der Waals surface area contributed by atoms with Gasteiger partial charge in [0.25, 0.3) is 24.2 Å². The lowest BCUT2D eigenvalue weighted by molar-refractivity contribution is -0.395. The number of halogens is 5. The van der Waals surface area contributed by atoms with Gasteiger partial charge in [0, 0.05) is 12.1 Å². The van der Waals surface area contributed by atoms with Gasteiger partial charge in [-0.2, -0.15) is 5.10 Å². The minimum absolute atomic E-state index is 0.267. The maximum atomic E-state index is 13.3. The zero-order valence-electron chi connectivity index (χ0n) is 15.1. The minimum atomic E-state index is -3.34. The van der Waals surface area contributed by atoms with Crippen LogP contribution in [0.5, 0.6) is 0 Å². The van der Waals surface area contributed by atoms with Crippen LogP contribution in [0.3, 0.4) is 0 Å². The van der Waals surface area contributed by atoms with E-state index in [4.69, 9.17) is 11.6 Å². The molecule has 0 aliphatic carbocycles. The number of aromatic nitrogens is 2. The molecule has 0 radical (unpaired) electrons. The van der Waals surface area contributed by atoms with E-state index in [0.29, 0.717) is 4.68 Å². The van der Waals surface area contributed by atoms with Crippen LogP contribution in [0.4, 0.5) is 34.6 Å². The third-order valence-corrected chi connectivity index (χ3v) is 4.47. The molecule has 1 unspecified atom stereocenters. The van der Waals surface area contributed by atoms with Gasteiger partial charge >= 0.3 is 0 Å². The van der Waals surface area contributed by atoms with Crippen molar-refractivity contribution in [3.63, 3.8) is 0 Å². The van der Waals surface area contributed by atoms with Crippen LogP contribution in [0.15, 0.2) is 12.1 Å². The average molecular weight is 454 g/mol. The Morgan fingerprint density at radius 3 is 2.03 bits per heavy atom. The van der Waals surface area contributed by atoms with E-state index in [-0.39, 0.29) is 11.3 Å². The van der Waals surface area contributed by atoms with Crippen molar-refractivity contribution >= 4 is 34.6 Å². The van der Waals surface area contributed by atoms with Crippen LogP contribution in [0.1, 0.15) is 42.8 Å². The van der Waals surface area contributed by atoms with Gasteiger partial charge < -0.3 is 5.32 Å². The Morgan fingerprint density at radius 2 is 1.63 bits per heavy atom. The summed E-state index contributed by atoms with van der Waals surface area (Å²) in [5.74, 6) is -1.11. The molecule has 2 rings (SSSR count). The van der Waals surface area contributed by atoms with Crippen LogP contribution in [-0.4, -0.2) is 25.5 Å². The first kappa shape index (κ1) is 23.0. The highest BCUT2D eigenvalue weighted by molar-refractivity contribution is 6.32. The Bertz CT molecular complexity index is 994. The predicted octanol–water partition coefficient (Wildman–Crippen LogP) is 4.74. The highest BCUT2D eigenvalue weighted by Crippen LogP contribution is 2.37. The molecule has 0 fully saturated rings. The first-order chi connectivity index (χ1) is 13.9. The van der Waals surface area contributed by atoms with Crippen LogP contribution < -0.4 is 5.32 Å². The van der Waals surface area contributed by atoms with Gasteiger partial charge in [-0.05, 0) is 13.8 Å². The number of carbonyl (C=O) groups excluding carboxylic acids is 1. The first-order valence-electron chi connectivity index (χ1n) is 7.95. The van der Waals surface area contributed by atoms with Crippen LogP contribution >= 0.6 is 11.6 Å². The van der Waals surface area contributed by atoms with Gasteiger partial charge in [-0.1, -0.05) is 11.6 Å². The van der Waals surface area contributed by atoms with Gasteiger partial charge in [0.1, 0.15) is 23.0 Å². The third kappa shape index (κ3) is 4.32. The van der Waals surface area contributed by atoms with Crippen molar-refractivity contribution < 1.29 is 32.2 Å². The van der Waals surface area contributed by atoms with E-state index in [1.54, 1.807) is 0 Å². The lowest BCUT2D eigenvalue weighted by Crippen LogP contribution is -2.26.